The molecular weight excluding hydrogens is 330 g/mol. The summed E-state index contributed by atoms with van der Waals surface area (Å²) in [4.78, 5) is 6.73. The SMILES string of the molecule is CCOc1ccc(CN(C)C(=NCCOC)NCCc2ccco2)cc1. The summed E-state index contributed by atoms with van der Waals surface area (Å²) < 4.78 is 16.0. The predicted molar refractivity (Wildman–Crippen MR) is 104 cm³/mol. The van der Waals surface area contributed by atoms with Crippen LogP contribution in [0, 0.1) is 0 Å². The summed E-state index contributed by atoms with van der Waals surface area (Å²) in [6, 6.07) is 12.0. The number of aliphatic imine (C=N–C) groups is 1. The van der Waals surface area contributed by atoms with E-state index >= 15 is 0 Å². The Balaban J connectivity index is 1.92. The summed E-state index contributed by atoms with van der Waals surface area (Å²) in [5.74, 6) is 2.70. The molecule has 0 bridgehead atoms. The Bertz CT molecular complexity index is 639. The lowest BCUT2D eigenvalue weighted by Crippen LogP contribution is -2.39. The maximum absolute atomic E-state index is 5.49. The molecule has 0 aliphatic carbocycles. The monoisotopic (exact) mass is 359 g/mol. The summed E-state index contributed by atoms with van der Waals surface area (Å²) in [5.41, 5.74) is 1.20. The molecule has 1 N–H and O–H groups in total. The van der Waals surface area contributed by atoms with Gasteiger partial charge in [-0.15, -0.1) is 0 Å². The Kier molecular flexibility index (Phi) is 8.55. The van der Waals surface area contributed by atoms with Gasteiger partial charge in [-0.3, -0.25) is 4.99 Å². The zero-order chi connectivity index (χ0) is 18.6. The van der Waals surface area contributed by atoms with E-state index < -0.39 is 0 Å². The number of guanidine groups is 1. The molecule has 0 fully saturated rings. The van der Waals surface area contributed by atoms with Crippen LogP contribution in [0.3, 0.4) is 0 Å². The zero-order valence-corrected chi connectivity index (χ0v) is 15.9. The van der Waals surface area contributed by atoms with E-state index in [4.69, 9.17) is 13.9 Å². The molecule has 1 aromatic carbocycles. The Hall–Kier alpha value is -2.47. The Morgan fingerprint density at radius 2 is 2.04 bits per heavy atom. The van der Waals surface area contributed by atoms with Crippen molar-refractivity contribution in [2.75, 3.05) is 40.5 Å². The number of rotatable bonds is 10. The topological polar surface area (TPSA) is 59.2 Å². The van der Waals surface area contributed by atoms with Crippen LogP contribution in [0.25, 0.3) is 0 Å². The molecule has 6 nitrogen and oxygen atoms in total. The van der Waals surface area contributed by atoms with Gasteiger partial charge in [0.25, 0.3) is 0 Å². The standard InChI is InChI=1S/C20H29N3O3/c1-4-25-19-9-7-17(8-10-19)16-23(2)20(22-13-15-24-3)21-12-11-18-6-5-14-26-18/h5-10,14H,4,11-13,15-16H2,1-3H3,(H,21,22). The molecule has 0 saturated carbocycles. The normalized spacial score (nSPS) is 11.4. The highest BCUT2D eigenvalue weighted by molar-refractivity contribution is 5.79. The van der Waals surface area contributed by atoms with Gasteiger partial charge in [0.15, 0.2) is 5.96 Å². The van der Waals surface area contributed by atoms with Crippen LogP contribution in [0.1, 0.15) is 18.2 Å². The molecule has 0 radical (unpaired) electrons. The molecule has 0 aliphatic heterocycles. The third-order valence-electron chi connectivity index (χ3n) is 3.81. The van der Waals surface area contributed by atoms with E-state index in [1.165, 1.54) is 5.56 Å². The number of furan rings is 1. The summed E-state index contributed by atoms with van der Waals surface area (Å²) in [6.45, 7) is 5.39. The van der Waals surface area contributed by atoms with Crippen LogP contribution < -0.4 is 10.1 Å². The van der Waals surface area contributed by atoms with E-state index in [2.05, 4.69) is 27.3 Å². The largest absolute Gasteiger partial charge is 0.494 e. The van der Waals surface area contributed by atoms with Crippen molar-refractivity contribution in [3.8, 4) is 5.75 Å². The average Bonchev–Trinajstić information content (AvgIpc) is 3.16. The van der Waals surface area contributed by atoms with Gasteiger partial charge in [-0.1, -0.05) is 12.1 Å². The summed E-state index contributed by atoms with van der Waals surface area (Å²) in [7, 11) is 3.71. The highest BCUT2D eigenvalue weighted by Crippen LogP contribution is 2.13. The number of benzene rings is 1. The van der Waals surface area contributed by atoms with Gasteiger partial charge in [0, 0.05) is 33.7 Å². The van der Waals surface area contributed by atoms with Gasteiger partial charge in [0.2, 0.25) is 0 Å². The number of hydrogen-bond donors (Lipinski definition) is 1. The highest BCUT2D eigenvalue weighted by atomic mass is 16.5. The molecule has 0 aliphatic rings. The first kappa shape index (κ1) is 19.8. The van der Waals surface area contributed by atoms with E-state index in [-0.39, 0.29) is 0 Å². The fourth-order valence-corrected chi connectivity index (χ4v) is 2.51. The number of hydrogen-bond acceptors (Lipinski definition) is 4. The Morgan fingerprint density at radius 3 is 2.69 bits per heavy atom. The van der Waals surface area contributed by atoms with Crippen molar-refractivity contribution in [2.45, 2.75) is 19.9 Å². The van der Waals surface area contributed by atoms with Crippen molar-refractivity contribution in [3.63, 3.8) is 0 Å². The lowest BCUT2D eigenvalue weighted by atomic mass is 10.2. The summed E-state index contributed by atoms with van der Waals surface area (Å²) in [6.07, 6.45) is 2.51. The fourth-order valence-electron chi connectivity index (χ4n) is 2.51. The van der Waals surface area contributed by atoms with E-state index in [1.807, 2.05) is 38.2 Å². The molecule has 2 aromatic rings. The van der Waals surface area contributed by atoms with Crippen molar-refractivity contribution in [1.29, 1.82) is 0 Å². The number of nitrogens with zero attached hydrogens (tertiary/aromatic N) is 2. The molecule has 1 aromatic heterocycles. The van der Waals surface area contributed by atoms with E-state index in [1.54, 1.807) is 13.4 Å². The van der Waals surface area contributed by atoms with Crippen molar-refractivity contribution >= 4 is 5.96 Å². The fraction of sp³-hybridized carbons (Fsp3) is 0.450. The quantitative estimate of drug-likeness (QED) is 0.401. The predicted octanol–water partition coefficient (Wildman–Crippen LogP) is 2.94. The van der Waals surface area contributed by atoms with Crippen LogP contribution in [-0.2, 0) is 17.7 Å². The minimum atomic E-state index is 0.597. The molecule has 26 heavy (non-hydrogen) atoms. The molecule has 2 rings (SSSR count). The minimum Gasteiger partial charge on any atom is -0.494 e. The van der Waals surface area contributed by atoms with Crippen molar-refractivity contribution in [3.05, 3.63) is 54.0 Å². The second-order valence-electron chi connectivity index (χ2n) is 5.89. The second kappa shape index (κ2) is 11.2. The summed E-state index contributed by atoms with van der Waals surface area (Å²) in [5, 5.41) is 3.40. The van der Waals surface area contributed by atoms with Crippen LogP contribution in [-0.4, -0.2) is 51.3 Å². The molecule has 0 amide bonds. The lowest BCUT2D eigenvalue weighted by Gasteiger charge is -2.22. The number of methoxy groups -OCH3 is 1. The van der Waals surface area contributed by atoms with Crippen molar-refractivity contribution in [2.24, 2.45) is 4.99 Å². The minimum absolute atomic E-state index is 0.597. The van der Waals surface area contributed by atoms with Gasteiger partial charge in [-0.25, -0.2) is 0 Å². The zero-order valence-electron chi connectivity index (χ0n) is 15.9. The Morgan fingerprint density at radius 1 is 1.23 bits per heavy atom. The highest BCUT2D eigenvalue weighted by Gasteiger charge is 2.08. The first-order chi connectivity index (χ1) is 12.7. The third-order valence-corrected chi connectivity index (χ3v) is 3.81. The van der Waals surface area contributed by atoms with E-state index in [9.17, 15) is 0 Å². The van der Waals surface area contributed by atoms with Gasteiger partial charge >= 0.3 is 0 Å². The van der Waals surface area contributed by atoms with Gasteiger partial charge in [-0.2, -0.15) is 0 Å². The number of ether oxygens (including phenoxy) is 2. The van der Waals surface area contributed by atoms with Crippen LogP contribution in [0.2, 0.25) is 0 Å². The average molecular weight is 359 g/mol. The molecule has 0 saturated heterocycles. The first-order valence-electron chi connectivity index (χ1n) is 8.95. The molecule has 142 valence electrons. The van der Waals surface area contributed by atoms with E-state index in [0.29, 0.717) is 19.8 Å². The maximum Gasteiger partial charge on any atom is 0.194 e. The van der Waals surface area contributed by atoms with Crippen LogP contribution in [0.4, 0.5) is 0 Å². The lowest BCUT2D eigenvalue weighted by molar-refractivity contribution is 0.207. The second-order valence-corrected chi connectivity index (χ2v) is 5.89. The van der Waals surface area contributed by atoms with Crippen LogP contribution >= 0.6 is 0 Å². The molecular formula is C20H29N3O3. The Labute approximate surface area is 155 Å². The van der Waals surface area contributed by atoms with Crippen LogP contribution in [0.15, 0.2) is 52.1 Å². The van der Waals surface area contributed by atoms with Crippen LogP contribution in [0.5, 0.6) is 5.75 Å². The smallest absolute Gasteiger partial charge is 0.194 e. The van der Waals surface area contributed by atoms with E-state index in [0.717, 1.165) is 37.0 Å². The van der Waals surface area contributed by atoms with Gasteiger partial charge in [-0.05, 0) is 36.8 Å². The molecule has 0 atom stereocenters. The van der Waals surface area contributed by atoms with Gasteiger partial charge < -0.3 is 24.1 Å². The molecule has 1 heterocycles. The maximum atomic E-state index is 5.49. The third kappa shape index (κ3) is 6.80. The van der Waals surface area contributed by atoms with Gasteiger partial charge in [0.1, 0.15) is 11.5 Å². The molecule has 0 spiro atoms. The van der Waals surface area contributed by atoms with Crippen molar-refractivity contribution < 1.29 is 13.9 Å². The molecule has 6 heteroatoms. The first-order valence-corrected chi connectivity index (χ1v) is 8.95. The van der Waals surface area contributed by atoms with Gasteiger partial charge in [0.05, 0.1) is 26.0 Å². The number of nitrogens with one attached hydrogen (secondary N) is 1. The van der Waals surface area contributed by atoms with Crippen molar-refractivity contribution in [1.82, 2.24) is 10.2 Å². The molecule has 0 unspecified atom stereocenters. The summed E-state index contributed by atoms with van der Waals surface area (Å²) >= 11 is 0.